The van der Waals surface area contributed by atoms with Crippen LogP contribution in [0.2, 0.25) is 0 Å². The summed E-state index contributed by atoms with van der Waals surface area (Å²) in [6, 6.07) is 0. The van der Waals surface area contributed by atoms with Crippen molar-refractivity contribution in [2.24, 2.45) is 0 Å². The highest BCUT2D eigenvalue weighted by atomic mass is 32.2. The normalized spacial score (nSPS) is 22.6. The Labute approximate surface area is 109 Å². The first-order chi connectivity index (χ1) is 7.22. The largest absolute Gasteiger partial charge is 0.282 e. The van der Waals surface area contributed by atoms with Gasteiger partial charge in [-0.2, -0.15) is 0 Å². The minimum atomic E-state index is 0.0838. The van der Waals surface area contributed by atoms with E-state index in [-0.39, 0.29) is 5.12 Å². The SMILES string of the molecule is C=CC(=O)SCSC(C)CC1CSCS1. The Morgan fingerprint density at radius 3 is 3.13 bits per heavy atom. The quantitative estimate of drug-likeness (QED) is 0.543. The average molecular weight is 281 g/mol. The molecule has 0 saturated carbocycles. The van der Waals surface area contributed by atoms with Gasteiger partial charge in [0.2, 0.25) is 5.12 Å². The van der Waals surface area contributed by atoms with Crippen molar-refractivity contribution in [3.63, 3.8) is 0 Å². The third-order valence-electron chi connectivity index (χ3n) is 2.01. The molecule has 1 fully saturated rings. The number of rotatable bonds is 6. The van der Waals surface area contributed by atoms with Gasteiger partial charge in [-0.05, 0) is 12.5 Å². The number of hydrogen-bond acceptors (Lipinski definition) is 5. The summed E-state index contributed by atoms with van der Waals surface area (Å²) >= 11 is 7.35. The van der Waals surface area contributed by atoms with Gasteiger partial charge in [0.1, 0.15) is 0 Å². The third-order valence-corrected chi connectivity index (χ3v) is 7.13. The molecule has 15 heavy (non-hydrogen) atoms. The predicted molar refractivity (Wildman–Crippen MR) is 78.0 cm³/mol. The molecule has 0 aromatic rings. The number of carbonyl (C=O) groups is 1. The van der Waals surface area contributed by atoms with Crippen LogP contribution in [0.5, 0.6) is 0 Å². The average Bonchev–Trinajstić information content (AvgIpc) is 2.70. The van der Waals surface area contributed by atoms with Gasteiger partial charge in [-0.15, -0.1) is 35.3 Å². The van der Waals surface area contributed by atoms with E-state index in [1.54, 1.807) is 0 Å². The van der Waals surface area contributed by atoms with Crippen LogP contribution >= 0.6 is 47.0 Å². The zero-order chi connectivity index (χ0) is 11.1. The topological polar surface area (TPSA) is 17.1 Å². The Bertz CT molecular complexity index is 213. The smallest absolute Gasteiger partial charge is 0.212 e. The molecule has 1 saturated heterocycles. The number of thioether (sulfide) groups is 4. The van der Waals surface area contributed by atoms with Crippen LogP contribution in [0.1, 0.15) is 13.3 Å². The standard InChI is InChI=1S/C10H16OS4/c1-3-10(11)15-7-13-8(2)4-9-5-12-6-14-9/h3,8-9H,1,4-7H2,2H3. The lowest BCUT2D eigenvalue weighted by Crippen LogP contribution is -2.09. The maximum absolute atomic E-state index is 11.0. The molecule has 1 heterocycles. The van der Waals surface area contributed by atoms with E-state index in [0.717, 1.165) is 10.3 Å². The third kappa shape index (κ3) is 6.19. The van der Waals surface area contributed by atoms with Crippen molar-refractivity contribution >= 4 is 52.2 Å². The van der Waals surface area contributed by atoms with Gasteiger partial charge in [0.25, 0.3) is 0 Å². The summed E-state index contributed by atoms with van der Waals surface area (Å²) in [6.45, 7) is 5.71. The van der Waals surface area contributed by atoms with Gasteiger partial charge in [-0.25, -0.2) is 0 Å². The molecular weight excluding hydrogens is 264 g/mol. The monoisotopic (exact) mass is 280 g/mol. The maximum atomic E-state index is 11.0. The van der Waals surface area contributed by atoms with E-state index in [2.05, 4.69) is 25.3 Å². The Balaban J connectivity index is 2.04. The predicted octanol–water partition coefficient (Wildman–Crippen LogP) is 3.71. The first kappa shape index (κ1) is 13.9. The molecule has 1 aliphatic rings. The Morgan fingerprint density at radius 2 is 2.53 bits per heavy atom. The maximum Gasteiger partial charge on any atom is 0.212 e. The zero-order valence-corrected chi connectivity index (χ0v) is 12.1. The molecule has 0 radical (unpaired) electrons. The molecule has 2 atom stereocenters. The van der Waals surface area contributed by atoms with Gasteiger partial charge in [0, 0.05) is 26.4 Å². The van der Waals surface area contributed by atoms with Crippen molar-refractivity contribution in [2.45, 2.75) is 23.8 Å². The van der Waals surface area contributed by atoms with E-state index < -0.39 is 0 Å². The van der Waals surface area contributed by atoms with Crippen molar-refractivity contribution in [2.75, 3.05) is 15.9 Å². The molecule has 1 rings (SSSR count). The van der Waals surface area contributed by atoms with Crippen LogP contribution in [0.15, 0.2) is 12.7 Å². The van der Waals surface area contributed by atoms with Crippen LogP contribution in [0.4, 0.5) is 0 Å². The van der Waals surface area contributed by atoms with Gasteiger partial charge in [-0.1, -0.05) is 25.3 Å². The molecule has 86 valence electrons. The van der Waals surface area contributed by atoms with E-state index in [1.807, 2.05) is 23.5 Å². The lowest BCUT2D eigenvalue weighted by molar-refractivity contribution is -0.107. The molecule has 0 aromatic heterocycles. The van der Waals surface area contributed by atoms with Crippen molar-refractivity contribution in [3.05, 3.63) is 12.7 Å². The Kier molecular flexibility index (Phi) is 7.38. The van der Waals surface area contributed by atoms with Crippen LogP contribution in [0, 0.1) is 0 Å². The van der Waals surface area contributed by atoms with Crippen molar-refractivity contribution < 1.29 is 4.79 Å². The fraction of sp³-hybridized carbons (Fsp3) is 0.700. The molecule has 0 bridgehead atoms. The highest BCUT2D eigenvalue weighted by molar-refractivity contribution is 8.24. The van der Waals surface area contributed by atoms with E-state index in [0.29, 0.717) is 5.25 Å². The van der Waals surface area contributed by atoms with Gasteiger partial charge < -0.3 is 0 Å². The van der Waals surface area contributed by atoms with Crippen LogP contribution in [0.25, 0.3) is 0 Å². The fourth-order valence-corrected chi connectivity index (χ4v) is 6.52. The lowest BCUT2D eigenvalue weighted by Gasteiger charge is -2.14. The van der Waals surface area contributed by atoms with Crippen molar-refractivity contribution in [3.8, 4) is 0 Å². The van der Waals surface area contributed by atoms with Crippen molar-refractivity contribution in [1.29, 1.82) is 0 Å². The molecule has 2 unspecified atom stereocenters. The van der Waals surface area contributed by atoms with Crippen LogP contribution in [-0.2, 0) is 4.79 Å². The highest BCUT2D eigenvalue weighted by Gasteiger charge is 2.18. The summed E-state index contributed by atoms with van der Waals surface area (Å²) in [5.74, 6) is 1.30. The molecular formula is C10H16OS4. The van der Waals surface area contributed by atoms with Crippen molar-refractivity contribution in [1.82, 2.24) is 0 Å². The molecule has 0 amide bonds. The van der Waals surface area contributed by atoms with E-state index in [9.17, 15) is 4.79 Å². The van der Waals surface area contributed by atoms with Gasteiger partial charge in [0.05, 0.1) is 0 Å². The lowest BCUT2D eigenvalue weighted by atomic mass is 10.3. The van der Waals surface area contributed by atoms with Gasteiger partial charge in [0.15, 0.2) is 0 Å². The Morgan fingerprint density at radius 1 is 1.73 bits per heavy atom. The number of hydrogen-bond donors (Lipinski definition) is 0. The highest BCUT2D eigenvalue weighted by Crippen LogP contribution is 2.34. The summed E-state index contributed by atoms with van der Waals surface area (Å²) in [5.41, 5.74) is 0. The second-order valence-electron chi connectivity index (χ2n) is 3.28. The minimum absolute atomic E-state index is 0.0838. The molecule has 0 N–H and O–H groups in total. The minimum Gasteiger partial charge on any atom is -0.282 e. The van der Waals surface area contributed by atoms with Crippen LogP contribution in [0.3, 0.4) is 0 Å². The van der Waals surface area contributed by atoms with Crippen LogP contribution in [-0.4, -0.2) is 31.5 Å². The fourth-order valence-electron chi connectivity index (χ4n) is 1.21. The van der Waals surface area contributed by atoms with E-state index in [1.165, 1.54) is 35.1 Å². The molecule has 0 aromatic carbocycles. The molecule has 0 aliphatic carbocycles. The second-order valence-corrected chi connectivity index (χ2v) is 8.73. The van der Waals surface area contributed by atoms with Gasteiger partial charge in [-0.3, -0.25) is 4.79 Å². The molecule has 0 spiro atoms. The zero-order valence-electron chi connectivity index (χ0n) is 8.81. The number of carbonyl (C=O) groups excluding carboxylic acids is 1. The summed E-state index contributed by atoms with van der Waals surface area (Å²) in [5, 5.41) is 3.69. The van der Waals surface area contributed by atoms with Crippen LogP contribution < -0.4 is 0 Å². The summed E-state index contributed by atoms with van der Waals surface area (Å²) < 4.78 is 0. The molecule has 5 heteroatoms. The summed E-state index contributed by atoms with van der Waals surface area (Å²) in [4.78, 5) is 11.0. The van der Waals surface area contributed by atoms with Gasteiger partial charge >= 0.3 is 0 Å². The molecule has 1 nitrogen and oxygen atoms in total. The summed E-state index contributed by atoms with van der Waals surface area (Å²) in [7, 11) is 0. The van der Waals surface area contributed by atoms with E-state index >= 15 is 0 Å². The first-order valence-corrected chi connectivity index (χ1v) is 9.06. The Hall–Kier alpha value is 0.810. The second kappa shape index (κ2) is 7.98. The van der Waals surface area contributed by atoms with E-state index in [4.69, 9.17) is 0 Å². The summed E-state index contributed by atoms with van der Waals surface area (Å²) in [6.07, 6.45) is 2.66. The molecule has 1 aliphatic heterocycles. The first-order valence-electron chi connectivity index (χ1n) is 4.82.